The number of hydrogen-bond acceptors (Lipinski definition) is 2. The van der Waals surface area contributed by atoms with Gasteiger partial charge in [-0.15, -0.1) is 23.2 Å². The van der Waals surface area contributed by atoms with Gasteiger partial charge in [-0.1, -0.05) is 18.2 Å². The average molecular weight is 257 g/mol. The van der Waals surface area contributed by atoms with Gasteiger partial charge in [0.05, 0.1) is 0 Å². The molecule has 0 saturated heterocycles. The predicted molar refractivity (Wildman–Crippen MR) is 81.0 cm³/mol. The summed E-state index contributed by atoms with van der Waals surface area (Å²) < 4.78 is 1.38. The number of thiophene rings is 1. The van der Waals surface area contributed by atoms with Crippen LogP contribution >= 0.6 is 11.3 Å². The highest BCUT2D eigenvalue weighted by atomic mass is 32.1. The van der Waals surface area contributed by atoms with E-state index in [1.54, 1.807) is 0 Å². The molecule has 18 heavy (non-hydrogen) atoms. The molecule has 0 aliphatic heterocycles. The third-order valence-corrected chi connectivity index (χ3v) is 4.61. The van der Waals surface area contributed by atoms with Gasteiger partial charge in [-0.2, -0.15) is 0 Å². The minimum absolute atomic E-state index is 0.404. The molecule has 1 nitrogen and oxygen atoms in total. The third-order valence-electron chi connectivity index (χ3n) is 3.15. The monoisotopic (exact) mass is 257 g/mol. The van der Waals surface area contributed by atoms with E-state index in [1.807, 2.05) is 18.3 Å². The lowest BCUT2D eigenvalue weighted by molar-refractivity contribution is 0.590. The summed E-state index contributed by atoms with van der Waals surface area (Å²) in [6, 6.07) is 9.03. The quantitative estimate of drug-likeness (QED) is 0.637. The molecule has 94 valence electrons. The molecule has 2 aromatic rings. The molecular formula is C16H19NS. The van der Waals surface area contributed by atoms with E-state index in [0.29, 0.717) is 6.04 Å². The first-order chi connectivity index (χ1) is 8.74. The molecule has 0 bridgehead atoms. The van der Waals surface area contributed by atoms with Crippen molar-refractivity contribution in [3.63, 3.8) is 0 Å². The van der Waals surface area contributed by atoms with Crippen LogP contribution in [0.4, 0.5) is 0 Å². The van der Waals surface area contributed by atoms with Crippen LogP contribution in [0, 0.1) is 18.8 Å². The Hall–Kier alpha value is -1.30. The van der Waals surface area contributed by atoms with Crippen LogP contribution in [0.15, 0.2) is 24.3 Å². The van der Waals surface area contributed by atoms with Gasteiger partial charge >= 0.3 is 0 Å². The van der Waals surface area contributed by atoms with E-state index in [-0.39, 0.29) is 0 Å². The van der Waals surface area contributed by atoms with E-state index < -0.39 is 0 Å². The van der Waals surface area contributed by atoms with Crippen LogP contribution in [-0.4, -0.2) is 6.54 Å². The Morgan fingerprint density at radius 2 is 2.11 bits per heavy atom. The third kappa shape index (κ3) is 2.75. The van der Waals surface area contributed by atoms with E-state index in [1.165, 1.54) is 20.5 Å². The van der Waals surface area contributed by atoms with Crippen molar-refractivity contribution in [3.05, 3.63) is 34.7 Å². The maximum absolute atomic E-state index is 3.54. The molecular weight excluding hydrogens is 238 g/mol. The molecule has 2 rings (SSSR count). The lowest BCUT2D eigenvalue weighted by Crippen LogP contribution is -2.19. The van der Waals surface area contributed by atoms with Crippen LogP contribution in [0.25, 0.3) is 10.1 Å². The van der Waals surface area contributed by atoms with E-state index in [9.17, 15) is 0 Å². The molecule has 0 amide bonds. The topological polar surface area (TPSA) is 12.0 Å². The second-order valence-corrected chi connectivity index (χ2v) is 5.52. The summed E-state index contributed by atoms with van der Waals surface area (Å²) in [5.74, 6) is 6.01. The Morgan fingerprint density at radius 1 is 1.33 bits per heavy atom. The molecule has 1 heterocycles. The SMILES string of the molecule is CC#CCCNC(C)c1sc2ccccc2c1C. The largest absolute Gasteiger partial charge is 0.309 e. The van der Waals surface area contributed by atoms with Crippen molar-refractivity contribution < 1.29 is 0 Å². The maximum atomic E-state index is 3.54. The first-order valence-corrected chi connectivity index (χ1v) is 7.16. The maximum Gasteiger partial charge on any atom is 0.0389 e. The highest BCUT2D eigenvalue weighted by Crippen LogP contribution is 2.34. The first kappa shape index (κ1) is 13.1. The minimum Gasteiger partial charge on any atom is -0.309 e. The Morgan fingerprint density at radius 3 is 2.83 bits per heavy atom. The van der Waals surface area contributed by atoms with Crippen LogP contribution in [0.5, 0.6) is 0 Å². The van der Waals surface area contributed by atoms with E-state index in [2.05, 4.69) is 55.3 Å². The minimum atomic E-state index is 0.404. The Bertz CT molecular complexity index is 586. The van der Waals surface area contributed by atoms with Crippen molar-refractivity contribution in [2.45, 2.75) is 33.2 Å². The van der Waals surface area contributed by atoms with Gasteiger partial charge in [-0.25, -0.2) is 0 Å². The highest BCUT2D eigenvalue weighted by molar-refractivity contribution is 7.19. The number of nitrogens with one attached hydrogen (secondary N) is 1. The molecule has 2 heteroatoms. The van der Waals surface area contributed by atoms with E-state index in [0.717, 1.165) is 13.0 Å². The van der Waals surface area contributed by atoms with E-state index in [4.69, 9.17) is 0 Å². The molecule has 0 aliphatic carbocycles. The van der Waals surface area contributed by atoms with Crippen molar-refractivity contribution >= 4 is 21.4 Å². The lowest BCUT2D eigenvalue weighted by atomic mass is 10.1. The zero-order valence-electron chi connectivity index (χ0n) is 11.2. The molecule has 1 unspecified atom stereocenters. The number of benzene rings is 1. The smallest absolute Gasteiger partial charge is 0.0389 e. The van der Waals surface area contributed by atoms with Crippen molar-refractivity contribution in [2.75, 3.05) is 6.54 Å². The van der Waals surface area contributed by atoms with Crippen molar-refractivity contribution in [2.24, 2.45) is 0 Å². The van der Waals surface area contributed by atoms with Crippen LogP contribution < -0.4 is 5.32 Å². The summed E-state index contributed by atoms with van der Waals surface area (Å²) in [4.78, 5) is 1.45. The molecule has 1 atom stereocenters. The highest BCUT2D eigenvalue weighted by Gasteiger charge is 2.13. The fraction of sp³-hybridized carbons (Fsp3) is 0.375. The van der Waals surface area contributed by atoms with Gasteiger partial charge in [0.25, 0.3) is 0 Å². The molecule has 1 N–H and O–H groups in total. The second-order valence-electron chi connectivity index (χ2n) is 4.44. The van der Waals surface area contributed by atoms with Crippen molar-refractivity contribution in [3.8, 4) is 11.8 Å². The zero-order valence-corrected chi connectivity index (χ0v) is 12.0. The zero-order chi connectivity index (χ0) is 13.0. The van der Waals surface area contributed by atoms with Crippen molar-refractivity contribution in [1.29, 1.82) is 0 Å². The molecule has 0 radical (unpaired) electrons. The van der Waals surface area contributed by atoms with E-state index >= 15 is 0 Å². The lowest BCUT2D eigenvalue weighted by Gasteiger charge is -2.12. The standard InChI is InChI=1S/C16H19NS/c1-4-5-8-11-17-13(3)16-12(2)14-9-6-7-10-15(14)18-16/h6-7,9-10,13,17H,8,11H2,1-3H3. The molecule has 0 aliphatic rings. The number of aryl methyl sites for hydroxylation is 1. The summed E-state index contributed by atoms with van der Waals surface area (Å²) in [7, 11) is 0. The van der Waals surface area contributed by atoms with Crippen LogP contribution in [0.2, 0.25) is 0 Å². The summed E-state index contributed by atoms with van der Waals surface area (Å²) in [6.45, 7) is 7.30. The fourth-order valence-corrected chi connectivity index (χ4v) is 3.41. The van der Waals surface area contributed by atoms with Gasteiger partial charge in [0.2, 0.25) is 0 Å². The van der Waals surface area contributed by atoms with Gasteiger partial charge in [0, 0.05) is 28.6 Å². The summed E-state index contributed by atoms with van der Waals surface area (Å²) in [5.41, 5.74) is 1.41. The number of rotatable bonds is 4. The first-order valence-electron chi connectivity index (χ1n) is 6.35. The fourth-order valence-electron chi connectivity index (χ4n) is 2.18. The van der Waals surface area contributed by atoms with Crippen LogP contribution in [0.3, 0.4) is 0 Å². The Kier molecular flexibility index (Phi) is 4.41. The van der Waals surface area contributed by atoms with Crippen molar-refractivity contribution in [1.82, 2.24) is 5.32 Å². The van der Waals surface area contributed by atoms with Crippen LogP contribution in [-0.2, 0) is 0 Å². The van der Waals surface area contributed by atoms with Gasteiger partial charge < -0.3 is 5.32 Å². The van der Waals surface area contributed by atoms with Gasteiger partial charge in [0.1, 0.15) is 0 Å². The van der Waals surface area contributed by atoms with Gasteiger partial charge in [-0.3, -0.25) is 0 Å². The molecule has 0 saturated carbocycles. The molecule has 0 fully saturated rings. The summed E-state index contributed by atoms with van der Waals surface area (Å²) in [5, 5.41) is 4.93. The average Bonchev–Trinajstić information content (AvgIpc) is 2.73. The number of hydrogen-bond donors (Lipinski definition) is 1. The second kappa shape index (κ2) is 6.04. The van der Waals surface area contributed by atoms with Gasteiger partial charge in [0.15, 0.2) is 0 Å². The molecule has 1 aromatic heterocycles. The molecule has 1 aromatic carbocycles. The summed E-state index contributed by atoms with van der Waals surface area (Å²) >= 11 is 1.90. The van der Waals surface area contributed by atoms with Crippen LogP contribution in [0.1, 0.15) is 36.8 Å². The summed E-state index contributed by atoms with van der Waals surface area (Å²) in [6.07, 6.45) is 0.921. The normalized spacial score (nSPS) is 12.2. The van der Waals surface area contributed by atoms with Gasteiger partial charge in [-0.05, 0) is 37.8 Å². The Balaban J connectivity index is 2.14. The number of fused-ring (bicyclic) bond motifs is 1. The Labute approximate surface area is 113 Å². The predicted octanol–water partition coefficient (Wildman–Crippen LogP) is 4.27. The molecule has 0 spiro atoms.